The molecule has 1 amide bonds. The van der Waals surface area contributed by atoms with Crippen molar-refractivity contribution in [1.29, 1.82) is 0 Å². The van der Waals surface area contributed by atoms with E-state index in [1.165, 1.54) is 0 Å². The fraction of sp³-hybridized carbons (Fsp3) is 0.323. The summed E-state index contributed by atoms with van der Waals surface area (Å²) >= 11 is 0. The number of aliphatic hydroxyl groups excluding tert-OH is 1. The molecule has 37 heavy (non-hydrogen) atoms. The van der Waals surface area contributed by atoms with Gasteiger partial charge in [-0.15, -0.1) is 0 Å². The number of para-hydroxylation sites is 1. The predicted molar refractivity (Wildman–Crippen MR) is 145 cm³/mol. The van der Waals surface area contributed by atoms with E-state index in [9.17, 15) is 14.7 Å². The molecule has 190 valence electrons. The molecule has 1 saturated carbocycles. The van der Waals surface area contributed by atoms with Crippen LogP contribution in [0.25, 0.3) is 10.9 Å². The predicted octanol–water partition coefficient (Wildman–Crippen LogP) is 4.88. The lowest BCUT2D eigenvalue weighted by Crippen LogP contribution is -2.37. The number of nitrogens with zero attached hydrogens (tertiary/aromatic N) is 2. The van der Waals surface area contributed by atoms with Crippen LogP contribution in [0, 0.1) is 12.8 Å². The Bertz CT molecular complexity index is 1420. The SMILES string of the molecule is Cc1nc2ccccc2c(=O)n1Cc1ccc(C(C(=O)N[C@@H](CO)c2ccccc2)C2CCCC2)cc1. The minimum absolute atomic E-state index is 0.0478. The molecule has 1 aliphatic rings. The lowest BCUT2D eigenvalue weighted by Gasteiger charge is -2.26. The molecule has 1 aliphatic carbocycles. The first-order chi connectivity index (χ1) is 18.0. The number of aliphatic hydroxyl groups is 1. The van der Waals surface area contributed by atoms with Gasteiger partial charge in [-0.25, -0.2) is 4.98 Å². The van der Waals surface area contributed by atoms with Crippen LogP contribution in [0.5, 0.6) is 0 Å². The van der Waals surface area contributed by atoms with Crippen molar-refractivity contribution in [1.82, 2.24) is 14.9 Å². The van der Waals surface area contributed by atoms with Crippen LogP contribution < -0.4 is 10.9 Å². The molecule has 1 aromatic heterocycles. The molecular formula is C31H33N3O3. The molecular weight excluding hydrogens is 462 g/mol. The van der Waals surface area contributed by atoms with Gasteiger partial charge in [0.25, 0.3) is 5.56 Å². The molecule has 4 aromatic rings. The van der Waals surface area contributed by atoms with Gasteiger partial charge >= 0.3 is 0 Å². The van der Waals surface area contributed by atoms with Gasteiger partial charge < -0.3 is 10.4 Å². The van der Waals surface area contributed by atoms with Crippen molar-refractivity contribution in [2.45, 2.75) is 51.1 Å². The number of hydrogen-bond donors (Lipinski definition) is 2. The fourth-order valence-electron chi connectivity index (χ4n) is 5.59. The van der Waals surface area contributed by atoms with Crippen LogP contribution in [0.15, 0.2) is 83.7 Å². The van der Waals surface area contributed by atoms with Crippen LogP contribution >= 0.6 is 0 Å². The Morgan fingerprint density at radius 1 is 0.973 bits per heavy atom. The second-order valence-corrected chi connectivity index (χ2v) is 9.99. The zero-order valence-corrected chi connectivity index (χ0v) is 21.1. The normalized spacial score (nSPS) is 15.5. The summed E-state index contributed by atoms with van der Waals surface area (Å²) in [7, 11) is 0. The maximum atomic E-state index is 13.6. The van der Waals surface area contributed by atoms with Crippen LogP contribution in [0.2, 0.25) is 0 Å². The monoisotopic (exact) mass is 495 g/mol. The van der Waals surface area contributed by atoms with E-state index in [0.29, 0.717) is 23.3 Å². The molecule has 6 heteroatoms. The summed E-state index contributed by atoms with van der Waals surface area (Å²) < 4.78 is 1.70. The maximum absolute atomic E-state index is 13.6. The molecule has 5 rings (SSSR count). The number of amides is 1. The molecule has 0 aliphatic heterocycles. The van der Waals surface area contributed by atoms with Gasteiger partial charge in [-0.3, -0.25) is 14.2 Å². The van der Waals surface area contributed by atoms with Gasteiger partial charge in [-0.2, -0.15) is 0 Å². The Labute approximate surface area is 217 Å². The number of carbonyl (C=O) groups excluding carboxylic acids is 1. The highest BCUT2D eigenvalue weighted by Crippen LogP contribution is 2.38. The summed E-state index contributed by atoms with van der Waals surface area (Å²) in [4.78, 5) is 31.3. The third-order valence-corrected chi connectivity index (χ3v) is 7.59. The zero-order chi connectivity index (χ0) is 25.8. The van der Waals surface area contributed by atoms with Gasteiger partial charge in [0, 0.05) is 0 Å². The van der Waals surface area contributed by atoms with Crippen molar-refractivity contribution < 1.29 is 9.90 Å². The van der Waals surface area contributed by atoms with Crippen molar-refractivity contribution >= 4 is 16.8 Å². The minimum Gasteiger partial charge on any atom is -0.394 e. The van der Waals surface area contributed by atoms with E-state index in [4.69, 9.17) is 0 Å². The Morgan fingerprint density at radius 2 is 1.65 bits per heavy atom. The lowest BCUT2D eigenvalue weighted by molar-refractivity contribution is -0.124. The highest BCUT2D eigenvalue weighted by molar-refractivity contribution is 5.84. The summed E-state index contributed by atoms with van der Waals surface area (Å²) in [5, 5.41) is 13.7. The molecule has 2 atom stereocenters. The van der Waals surface area contributed by atoms with E-state index in [0.717, 1.165) is 42.4 Å². The first-order valence-corrected chi connectivity index (χ1v) is 13.1. The highest BCUT2D eigenvalue weighted by atomic mass is 16.3. The van der Waals surface area contributed by atoms with Crippen LogP contribution in [0.3, 0.4) is 0 Å². The Hall–Kier alpha value is -3.77. The average molecular weight is 496 g/mol. The maximum Gasteiger partial charge on any atom is 0.261 e. The molecule has 0 saturated heterocycles. The number of benzene rings is 3. The van der Waals surface area contributed by atoms with Crippen LogP contribution in [0.1, 0.15) is 60.2 Å². The number of nitrogens with one attached hydrogen (secondary N) is 1. The lowest BCUT2D eigenvalue weighted by atomic mass is 9.83. The van der Waals surface area contributed by atoms with Crippen LogP contribution in [0.4, 0.5) is 0 Å². The number of rotatable bonds is 8. The molecule has 0 spiro atoms. The number of hydrogen-bond acceptors (Lipinski definition) is 4. The van der Waals surface area contributed by atoms with Crippen molar-refractivity contribution in [2.75, 3.05) is 6.61 Å². The molecule has 0 radical (unpaired) electrons. The molecule has 1 fully saturated rings. The summed E-state index contributed by atoms with van der Waals surface area (Å²) in [6.07, 6.45) is 4.30. The van der Waals surface area contributed by atoms with Crippen LogP contribution in [-0.4, -0.2) is 27.2 Å². The highest BCUT2D eigenvalue weighted by Gasteiger charge is 2.33. The topological polar surface area (TPSA) is 84.2 Å². The van der Waals surface area contributed by atoms with E-state index >= 15 is 0 Å². The average Bonchev–Trinajstić information content (AvgIpc) is 3.45. The quantitative estimate of drug-likeness (QED) is 0.365. The zero-order valence-electron chi connectivity index (χ0n) is 21.1. The second-order valence-electron chi connectivity index (χ2n) is 9.99. The third-order valence-electron chi connectivity index (χ3n) is 7.59. The number of aryl methyl sites for hydroxylation is 1. The van der Waals surface area contributed by atoms with E-state index in [2.05, 4.69) is 10.3 Å². The van der Waals surface area contributed by atoms with Crippen molar-refractivity contribution in [3.63, 3.8) is 0 Å². The minimum atomic E-state index is -0.438. The van der Waals surface area contributed by atoms with Crippen molar-refractivity contribution in [2.24, 2.45) is 5.92 Å². The summed E-state index contributed by atoms with van der Waals surface area (Å²) in [5.41, 5.74) is 3.50. The van der Waals surface area contributed by atoms with Crippen molar-refractivity contribution in [3.8, 4) is 0 Å². The van der Waals surface area contributed by atoms with Gasteiger partial charge in [-0.05, 0) is 54.5 Å². The smallest absolute Gasteiger partial charge is 0.261 e. The summed E-state index contributed by atoms with van der Waals surface area (Å²) in [5.74, 6) is 0.622. The van der Waals surface area contributed by atoms with E-state index in [-0.39, 0.29) is 29.9 Å². The Morgan fingerprint density at radius 3 is 2.35 bits per heavy atom. The molecule has 0 bridgehead atoms. The molecule has 6 nitrogen and oxygen atoms in total. The molecule has 1 heterocycles. The van der Waals surface area contributed by atoms with E-state index in [1.807, 2.05) is 85.8 Å². The first-order valence-electron chi connectivity index (χ1n) is 13.1. The first kappa shape index (κ1) is 24.9. The largest absolute Gasteiger partial charge is 0.394 e. The number of fused-ring (bicyclic) bond motifs is 1. The van der Waals surface area contributed by atoms with Gasteiger partial charge in [0.15, 0.2) is 0 Å². The third kappa shape index (κ3) is 5.35. The summed E-state index contributed by atoms with van der Waals surface area (Å²) in [6.45, 7) is 2.12. The Kier molecular flexibility index (Phi) is 7.47. The molecule has 3 aromatic carbocycles. The summed E-state index contributed by atoms with van der Waals surface area (Å²) in [6, 6.07) is 24.6. The van der Waals surface area contributed by atoms with E-state index < -0.39 is 6.04 Å². The second kappa shape index (κ2) is 11.1. The number of aromatic nitrogens is 2. The fourth-order valence-corrected chi connectivity index (χ4v) is 5.59. The number of carbonyl (C=O) groups is 1. The van der Waals surface area contributed by atoms with Crippen LogP contribution in [-0.2, 0) is 11.3 Å². The van der Waals surface area contributed by atoms with Gasteiger partial charge in [0.2, 0.25) is 5.91 Å². The molecule has 1 unspecified atom stereocenters. The van der Waals surface area contributed by atoms with Gasteiger partial charge in [0.05, 0.1) is 36.0 Å². The van der Waals surface area contributed by atoms with Gasteiger partial charge in [0.1, 0.15) is 5.82 Å². The molecule has 2 N–H and O–H groups in total. The standard InChI is InChI=1S/C31H33N3O3/c1-21-32-27-14-8-7-13-26(27)31(37)34(21)19-22-15-17-25(18-16-22)29(24-11-5-6-12-24)30(36)33-28(20-35)23-9-3-2-4-10-23/h2-4,7-10,13-18,24,28-29,35H,5-6,11-12,19-20H2,1H3,(H,33,36)/t28-,29?/m0/s1. The van der Waals surface area contributed by atoms with Gasteiger partial charge in [-0.1, -0.05) is 79.6 Å². The van der Waals surface area contributed by atoms with Crippen molar-refractivity contribution in [3.05, 3.63) is 112 Å². The van der Waals surface area contributed by atoms with E-state index in [1.54, 1.807) is 4.57 Å². The Balaban J connectivity index is 1.39.